The van der Waals surface area contributed by atoms with Crippen molar-refractivity contribution in [1.82, 2.24) is 0 Å². The van der Waals surface area contributed by atoms with Gasteiger partial charge in [-0.05, 0) is 44.9 Å². The van der Waals surface area contributed by atoms with Crippen molar-refractivity contribution < 1.29 is 19.7 Å². The average molecular weight is 609 g/mol. The predicted molar refractivity (Wildman–Crippen MR) is 187 cm³/mol. The SMILES string of the molecule is CCCCCCCCCCCCCCCCCC(=O)OCCCCCCCC/C=C\CCCCCCCCCC(O)CO. The Morgan fingerprint density at radius 2 is 0.907 bits per heavy atom. The first-order valence-electron chi connectivity index (χ1n) is 19.3. The third kappa shape index (κ3) is 37.2. The highest BCUT2D eigenvalue weighted by molar-refractivity contribution is 5.69. The molecule has 0 aromatic heterocycles. The monoisotopic (exact) mass is 609 g/mol. The van der Waals surface area contributed by atoms with Gasteiger partial charge in [-0.2, -0.15) is 0 Å². The quantitative estimate of drug-likeness (QED) is 0.0422. The fourth-order valence-corrected chi connectivity index (χ4v) is 5.82. The number of allylic oxidation sites excluding steroid dienone is 2. The fourth-order valence-electron chi connectivity index (χ4n) is 5.82. The van der Waals surface area contributed by atoms with Gasteiger partial charge in [-0.25, -0.2) is 0 Å². The molecule has 4 nitrogen and oxygen atoms in total. The van der Waals surface area contributed by atoms with E-state index in [-0.39, 0.29) is 12.6 Å². The number of unbranched alkanes of at least 4 members (excludes halogenated alkanes) is 27. The summed E-state index contributed by atoms with van der Waals surface area (Å²) in [5, 5.41) is 18.1. The summed E-state index contributed by atoms with van der Waals surface area (Å²) in [6.07, 6.45) is 44.2. The highest BCUT2D eigenvalue weighted by atomic mass is 16.5. The number of hydrogen-bond acceptors (Lipinski definition) is 4. The van der Waals surface area contributed by atoms with Gasteiger partial charge in [-0.15, -0.1) is 0 Å². The maximum Gasteiger partial charge on any atom is 0.305 e. The van der Waals surface area contributed by atoms with Crippen LogP contribution in [0.1, 0.15) is 212 Å². The number of carbonyl (C=O) groups is 1. The summed E-state index contributed by atoms with van der Waals surface area (Å²) < 4.78 is 5.44. The molecule has 0 radical (unpaired) electrons. The van der Waals surface area contributed by atoms with E-state index in [9.17, 15) is 9.90 Å². The summed E-state index contributed by atoms with van der Waals surface area (Å²) in [4.78, 5) is 11.9. The molecule has 0 aromatic rings. The van der Waals surface area contributed by atoms with Crippen LogP contribution in [0.2, 0.25) is 0 Å². The summed E-state index contributed by atoms with van der Waals surface area (Å²) in [5.41, 5.74) is 0. The van der Waals surface area contributed by atoms with Gasteiger partial charge in [0, 0.05) is 6.42 Å². The van der Waals surface area contributed by atoms with E-state index in [0.29, 0.717) is 13.0 Å². The van der Waals surface area contributed by atoms with Gasteiger partial charge >= 0.3 is 5.97 Å². The first kappa shape index (κ1) is 42.1. The standard InChI is InChI=1S/C39H76O4/c1-2-3-4-5-6-7-8-9-13-17-20-23-26-29-32-35-39(42)43-36-33-30-27-24-21-18-15-12-10-11-14-16-19-22-25-28-31-34-38(41)37-40/h10,12,38,40-41H,2-9,11,13-37H2,1H3/b12-10-. The fraction of sp³-hybridized carbons (Fsp3) is 0.923. The summed E-state index contributed by atoms with van der Waals surface area (Å²) in [7, 11) is 0. The molecule has 2 N–H and O–H groups in total. The van der Waals surface area contributed by atoms with Gasteiger partial charge in [0.05, 0.1) is 19.3 Å². The molecule has 0 rings (SSSR count). The molecule has 4 heteroatoms. The Morgan fingerprint density at radius 3 is 1.35 bits per heavy atom. The average Bonchev–Trinajstić information content (AvgIpc) is 3.01. The van der Waals surface area contributed by atoms with Gasteiger partial charge in [-0.3, -0.25) is 4.79 Å². The van der Waals surface area contributed by atoms with Gasteiger partial charge < -0.3 is 14.9 Å². The molecular weight excluding hydrogens is 532 g/mol. The van der Waals surface area contributed by atoms with Crippen molar-refractivity contribution in [1.29, 1.82) is 0 Å². The molecule has 0 saturated carbocycles. The van der Waals surface area contributed by atoms with E-state index in [1.165, 1.54) is 173 Å². The van der Waals surface area contributed by atoms with E-state index in [4.69, 9.17) is 9.84 Å². The van der Waals surface area contributed by atoms with Crippen LogP contribution < -0.4 is 0 Å². The van der Waals surface area contributed by atoms with Gasteiger partial charge in [0.1, 0.15) is 0 Å². The molecule has 0 fully saturated rings. The molecule has 0 aliphatic carbocycles. The summed E-state index contributed by atoms with van der Waals surface area (Å²) in [6.45, 7) is 2.79. The van der Waals surface area contributed by atoms with Gasteiger partial charge in [0.15, 0.2) is 0 Å². The molecule has 0 amide bonds. The van der Waals surface area contributed by atoms with E-state index < -0.39 is 6.10 Å². The first-order chi connectivity index (χ1) is 21.2. The summed E-state index contributed by atoms with van der Waals surface area (Å²) in [5.74, 6) is 0.00770. The number of aliphatic hydroxyl groups excluding tert-OH is 2. The zero-order valence-electron chi connectivity index (χ0n) is 29.0. The molecule has 0 heterocycles. The molecule has 0 saturated heterocycles. The van der Waals surface area contributed by atoms with Gasteiger partial charge in [0.25, 0.3) is 0 Å². The number of rotatable bonds is 36. The van der Waals surface area contributed by atoms with Crippen LogP contribution >= 0.6 is 0 Å². The minimum Gasteiger partial charge on any atom is -0.466 e. The second-order valence-electron chi connectivity index (χ2n) is 13.2. The van der Waals surface area contributed by atoms with Gasteiger partial charge in [-0.1, -0.05) is 173 Å². The van der Waals surface area contributed by atoms with Crippen molar-refractivity contribution in [2.45, 2.75) is 218 Å². The normalized spacial score (nSPS) is 12.3. The van der Waals surface area contributed by atoms with Crippen molar-refractivity contribution in [3.05, 3.63) is 12.2 Å². The topological polar surface area (TPSA) is 66.8 Å². The molecule has 0 aromatic carbocycles. The summed E-state index contributed by atoms with van der Waals surface area (Å²) in [6, 6.07) is 0. The molecule has 256 valence electrons. The zero-order chi connectivity index (χ0) is 31.3. The lowest BCUT2D eigenvalue weighted by Gasteiger charge is -2.06. The molecule has 0 aliphatic heterocycles. The molecule has 0 aliphatic rings. The minimum atomic E-state index is -0.520. The largest absolute Gasteiger partial charge is 0.466 e. The molecule has 1 atom stereocenters. The van der Waals surface area contributed by atoms with E-state index in [1.54, 1.807) is 0 Å². The van der Waals surface area contributed by atoms with E-state index >= 15 is 0 Å². The van der Waals surface area contributed by atoms with Crippen LogP contribution in [0.25, 0.3) is 0 Å². The second kappa shape index (κ2) is 37.3. The lowest BCUT2D eigenvalue weighted by Crippen LogP contribution is -2.10. The van der Waals surface area contributed by atoms with Gasteiger partial charge in [0.2, 0.25) is 0 Å². The van der Waals surface area contributed by atoms with Crippen molar-refractivity contribution >= 4 is 5.97 Å². The highest BCUT2D eigenvalue weighted by Crippen LogP contribution is 2.15. The number of esters is 1. The Hall–Kier alpha value is -0.870. The first-order valence-corrected chi connectivity index (χ1v) is 19.3. The Bertz CT molecular complexity index is 561. The highest BCUT2D eigenvalue weighted by Gasteiger charge is 2.03. The van der Waals surface area contributed by atoms with E-state index in [2.05, 4.69) is 19.1 Å². The second-order valence-corrected chi connectivity index (χ2v) is 13.2. The lowest BCUT2D eigenvalue weighted by molar-refractivity contribution is -0.143. The Morgan fingerprint density at radius 1 is 0.535 bits per heavy atom. The van der Waals surface area contributed by atoms with Crippen LogP contribution in [-0.2, 0) is 9.53 Å². The smallest absolute Gasteiger partial charge is 0.305 e. The third-order valence-electron chi connectivity index (χ3n) is 8.80. The minimum absolute atomic E-state index is 0.00770. The zero-order valence-corrected chi connectivity index (χ0v) is 29.0. The Balaban J connectivity index is 3.20. The van der Waals surface area contributed by atoms with Crippen LogP contribution in [0, 0.1) is 0 Å². The number of ether oxygens (including phenoxy) is 1. The molecule has 1 unspecified atom stereocenters. The van der Waals surface area contributed by atoms with Crippen molar-refractivity contribution in [3.8, 4) is 0 Å². The van der Waals surface area contributed by atoms with Crippen molar-refractivity contribution in [2.24, 2.45) is 0 Å². The maximum absolute atomic E-state index is 11.9. The maximum atomic E-state index is 11.9. The van der Waals surface area contributed by atoms with Crippen LogP contribution in [0.4, 0.5) is 0 Å². The van der Waals surface area contributed by atoms with Crippen molar-refractivity contribution in [2.75, 3.05) is 13.2 Å². The summed E-state index contributed by atoms with van der Waals surface area (Å²) >= 11 is 0. The molecule has 43 heavy (non-hydrogen) atoms. The lowest BCUT2D eigenvalue weighted by atomic mass is 10.0. The number of aliphatic hydroxyl groups is 2. The molecular formula is C39H76O4. The van der Waals surface area contributed by atoms with Crippen LogP contribution in [-0.4, -0.2) is 35.5 Å². The van der Waals surface area contributed by atoms with Crippen molar-refractivity contribution in [3.63, 3.8) is 0 Å². The number of carbonyl (C=O) groups excluding carboxylic acids is 1. The van der Waals surface area contributed by atoms with Crippen LogP contribution in [0.5, 0.6) is 0 Å². The predicted octanol–water partition coefficient (Wildman–Crippen LogP) is 11.9. The van der Waals surface area contributed by atoms with Crippen LogP contribution in [0.15, 0.2) is 12.2 Å². The Labute approximate surface area is 269 Å². The number of hydrogen-bond donors (Lipinski definition) is 2. The Kier molecular flexibility index (Phi) is 36.6. The molecule has 0 bridgehead atoms. The van der Waals surface area contributed by atoms with E-state index in [1.807, 2.05) is 0 Å². The third-order valence-corrected chi connectivity index (χ3v) is 8.80. The van der Waals surface area contributed by atoms with Crippen LogP contribution in [0.3, 0.4) is 0 Å². The molecule has 0 spiro atoms. The van der Waals surface area contributed by atoms with E-state index in [0.717, 1.165) is 25.7 Å².